The van der Waals surface area contributed by atoms with Gasteiger partial charge < -0.3 is 5.11 Å². The summed E-state index contributed by atoms with van der Waals surface area (Å²) in [4.78, 5) is 19.9. The molecule has 0 unspecified atom stereocenters. The van der Waals surface area contributed by atoms with Crippen molar-refractivity contribution in [3.8, 4) is 0 Å². The Morgan fingerprint density at radius 2 is 2.24 bits per heavy atom. The van der Waals surface area contributed by atoms with Crippen molar-refractivity contribution in [1.82, 2.24) is 14.3 Å². The second kappa shape index (κ2) is 4.80. The number of pyridine rings is 1. The second-order valence-electron chi connectivity index (χ2n) is 3.34. The molecule has 0 amide bonds. The molecule has 1 N–H and O–H groups in total. The number of aromatic carboxylic acids is 1. The molecule has 0 spiro atoms. The van der Waals surface area contributed by atoms with Gasteiger partial charge in [-0.05, 0) is 31.4 Å². The summed E-state index contributed by atoms with van der Waals surface area (Å²) >= 11 is 2.56. The Hall–Kier alpha value is -1.47. The van der Waals surface area contributed by atoms with E-state index >= 15 is 0 Å². The lowest BCUT2D eigenvalue weighted by Gasteiger charge is -2.03. The molecule has 0 radical (unpaired) electrons. The zero-order valence-electron chi connectivity index (χ0n) is 9.17. The quantitative estimate of drug-likeness (QED) is 0.920. The van der Waals surface area contributed by atoms with Crippen LogP contribution in [-0.2, 0) is 0 Å². The van der Waals surface area contributed by atoms with Gasteiger partial charge in [0, 0.05) is 16.8 Å². The van der Waals surface area contributed by atoms with Crippen molar-refractivity contribution >= 4 is 29.3 Å². The molecule has 5 nitrogen and oxygen atoms in total. The summed E-state index contributed by atoms with van der Waals surface area (Å²) in [6, 6.07) is 1.74. The molecule has 0 bridgehead atoms. The minimum Gasteiger partial charge on any atom is -0.478 e. The monoisotopic (exact) mass is 267 g/mol. The molecule has 0 aromatic carbocycles. The fourth-order valence-corrected chi connectivity index (χ4v) is 2.99. The number of carboxylic acid groups (broad SMARTS) is 1. The van der Waals surface area contributed by atoms with Gasteiger partial charge in [-0.25, -0.2) is 9.78 Å². The molecule has 2 aromatic heterocycles. The van der Waals surface area contributed by atoms with Gasteiger partial charge in [0.2, 0.25) is 0 Å². The maximum absolute atomic E-state index is 11.0. The number of rotatable bonds is 3. The number of carboxylic acids is 1. The summed E-state index contributed by atoms with van der Waals surface area (Å²) in [5.41, 5.74) is 0.965. The lowest BCUT2D eigenvalue weighted by atomic mass is 10.2. The van der Waals surface area contributed by atoms with Crippen LogP contribution in [0.1, 0.15) is 21.9 Å². The standard InChI is InChI=1S/C10H9N3O2S2/c1-5-3-8(7(4-11-5)9(14)15)16-10-12-6(2)13-17-10/h3-4H,1-2H3,(H,14,15). The Kier molecular flexibility index (Phi) is 3.39. The Morgan fingerprint density at radius 3 is 2.82 bits per heavy atom. The van der Waals surface area contributed by atoms with Crippen LogP contribution >= 0.6 is 23.3 Å². The average molecular weight is 267 g/mol. The molecule has 17 heavy (non-hydrogen) atoms. The Morgan fingerprint density at radius 1 is 1.47 bits per heavy atom. The van der Waals surface area contributed by atoms with E-state index in [2.05, 4.69) is 14.3 Å². The third-order valence-corrected chi connectivity index (χ3v) is 3.84. The van der Waals surface area contributed by atoms with Crippen LogP contribution in [-0.4, -0.2) is 25.4 Å². The average Bonchev–Trinajstić information content (AvgIpc) is 2.63. The topological polar surface area (TPSA) is 76.0 Å². The van der Waals surface area contributed by atoms with Gasteiger partial charge in [0.1, 0.15) is 5.82 Å². The second-order valence-corrected chi connectivity index (χ2v) is 5.38. The number of carbonyl (C=O) groups is 1. The highest BCUT2D eigenvalue weighted by molar-refractivity contribution is 8.01. The van der Waals surface area contributed by atoms with Crippen molar-refractivity contribution in [3.05, 3.63) is 29.3 Å². The molecule has 0 aliphatic rings. The molecule has 0 aliphatic heterocycles. The van der Waals surface area contributed by atoms with E-state index in [1.165, 1.54) is 29.5 Å². The fourth-order valence-electron chi connectivity index (χ4n) is 1.19. The molecule has 0 saturated carbocycles. The van der Waals surface area contributed by atoms with Crippen LogP contribution in [0.2, 0.25) is 0 Å². The minimum absolute atomic E-state index is 0.188. The van der Waals surface area contributed by atoms with Crippen LogP contribution in [0.3, 0.4) is 0 Å². The molecule has 0 aliphatic carbocycles. The smallest absolute Gasteiger partial charge is 0.338 e. The van der Waals surface area contributed by atoms with Gasteiger partial charge in [-0.1, -0.05) is 11.8 Å². The molecular weight excluding hydrogens is 258 g/mol. The SMILES string of the molecule is Cc1cc(Sc2nc(C)ns2)c(C(=O)O)cn1. The number of hydrogen-bond donors (Lipinski definition) is 1. The number of nitrogens with zero attached hydrogens (tertiary/aromatic N) is 3. The lowest BCUT2D eigenvalue weighted by Crippen LogP contribution is -2.00. The predicted octanol–water partition coefficient (Wildman–Crippen LogP) is 2.40. The molecule has 7 heteroatoms. The van der Waals surface area contributed by atoms with E-state index in [0.717, 1.165) is 10.0 Å². The first-order valence-corrected chi connectivity index (χ1v) is 6.33. The molecule has 0 saturated heterocycles. The summed E-state index contributed by atoms with van der Waals surface area (Å²) in [5.74, 6) is -0.290. The van der Waals surface area contributed by atoms with Crippen molar-refractivity contribution in [2.24, 2.45) is 0 Å². The zero-order chi connectivity index (χ0) is 12.4. The van der Waals surface area contributed by atoms with Crippen molar-refractivity contribution in [2.45, 2.75) is 23.1 Å². The number of hydrogen-bond acceptors (Lipinski definition) is 6. The Bertz CT molecular complexity index is 568. The van der Waals surface area contributed by atoms with Gasteiger partial charge in [0.25, 0.3) is 0 Å². The van der Waals surface area contributed by atoms with Crippen LogP contribution in [0.15, 0.2) is 21.5 Å². The molecule has 2 heterocycles. The summed E-state index contributed by atoms with van der Waals surface area (Å²) in [6.45, 7) is 3.62. The van der Waals surface area contributed by atoms with Gasteiger partial charge in [-0.15, -0.1) is 0 Å². The van der Waals surface area contributed by atoms with E-state index in [9.17, 15) is 4.79 Å². The van der Waals surface area contributed by atoms with Gasteiger partial charge in [0.15, 0.2) is 4.34 Å². The summed E-state index contributed by atoms with van der Waals surface area (Å²) in [5, 5.41) is 9.05. The van der Waals surface area contributed by atoms with Gasteiger partial charge in [-0.2, -0.15) is 4.37 Å². The molecule has 88 valence electrons. The van der Waals surface area contributed by atoms with Gasteiger partial charge >= 0.3 is 5.97 Å². The summed E-state index contributed by atoms with van der Waals surface area (Å²) in [6.07, 6.45) is 1.37. The molecular formula is C10H9N3O2S2. The first-order valence-electron chi connectivity index (χ1n) is 4.74. The van der Waals surface area contributed by atoms with Gasteiger partial charge in [0.05, 0.1) is 5.56 Å². The lowest BCUT2D eigenvalue weighted by molar-refractivity contribution is 0.0692. The first-order chi connectivity index (χ1) is 8.06. The molecule has 0 atom stereocenters. The van der Waals surface area contributed by atoms with Crippen molar-refractivity contribution in [3.63, 3.8) is 0 Å². The minimum atomic E-state index is -0.985. The van der Waals surface area contributed by atoms with Crippen molar-refractivity contribution in [2.75, 3.05) is 0 Å². The fraction of sp³-hybridized carbons (Fsp3) is 0.200. The summed E-state index contributed by atoms with van der Waals surface area (Å²) in [7, 11) is 0. The van der Waals surface area contributed by atoms with Crippen LogP contribution in [0.25, 0.3) is 0 Å². The van der Waals surface area contributed by atoms with E-state index in [4.69, 9.17) is 5.11 Å². The van der Waals surface area contributed by atoms with E-state index < -0.39 is 5.97 Å². The zero-order valence-corrected chi connectivity index (χ0v) is 10.8. The number of aromatic nitrogens is 3. The Labute approximate surface area is 106 Å². The molecule has 2 rings (SSSR count). The molecule has 0 fully saturated rings. The van der Waals surface area contributed by atoms with E-state index in [-0.39, 0.29) is 5.56 Å². The van der Waals surface area contributed by atoms with E-state index in [0.29, 0.717) is 10.7 Å². The maximum Gasteiger partial charge on any atom is 0.338 e. The van der Waals surface area contributed by atoms with Crippen LogP contribution in [0.5, 0.6) is 0 Å². The highest BCUT2D eigenvalue weighted by Crippen LogP contribution is 2.31. The number of aryl methyl sites for hydroxylation is 2. The highest BCUT2D eigenvalue weighted by Gasteiger charge is 2.14. The summed E-state index contributed by atoms with van der Waals surface area (Å²) < 4.78 is 4.79. The van der Waals surface area contributed by atoms with E-state index in [1.54, 1.807) is 13.0 Å². The van der Waals surface area contributed by atoms with E-state index in [1.807, 2.05) is 6.92 Å². The normalized spacial score (nSPS) is 10.5. The first kappa shape index (κ1) is 12.0. The van der Waals surface area contributed by atoms with Crippen molar-refractivity contribution in [1.29, 1.82) is 0 Å². The molecule has 2 aromatic rings. The highest BCUT2D eigenvalue weighted by atomic mass is 32.2. The predicted molar refractivity (Wildman–Crippen MR) is 64.7 cm³/mol. The van der Waals surface area contributed by atoms with Crippen LogP contribution < -0.4 is 0 Å². The third kappa shape index (κ3) is 2.80. The maximum atomic E-state index is 11.0. The third-order valence-electron chi connectivity index (χ3n) is 1.94. The Balaban J connectivity index is 2.37. The largest absolute Gasteiger partial charge is 0.478 e. The van der Waals surface area contributed by atoms with Crippen molar-refractivity contribution < 1.29 is 9.90 Å². The van der Waals surface area contributed by atoms with Crippen LogP contribution in [0.4, 0.5) is 0 Å². The van der Waals surface area contributed by atoms with Crippen LogP contribution in [0, 0.1) is 13.8 Å². The van der Waals surface area contributed by atoms with Gasteiger partial charge in [-0.3, -0.25) is 4.98 Å².